The van der Waals surface area contributed by atoms with Crippen LogP contribution in [0.25, 0.3) is 0 Å². The minimum absolute atomic E-state index is 0.00308. The Kier molecular flexibility index (Phi) is 7.29. The molecular weight excluding hydrogens is 208 g/mol. The zero-order chi connectivity index (χ0) is 12.6. The van der Waals surface area contributed by atoms with Gasteiger partial charge in [0, 0.05) is 32.7 Å². The van der Waals surface area contributed by atoms with Crippen LogP contribution >= 0.6 is 0 Å². The lowest BCUT2D eigenvalue weighted by Crippen LogP contribution is -2.38. The molecule has 0 bridgehead atoms. The van der Waals surface area contributed by atoms with E-state index in [2.05, 4.69) is 5.32 Å². The average molecular weight is 232 g/mol. The molecule has 1 atom stereocenters. The lowest BCUT2D eigenvalue weighted by atomic mass is 10.00. The monoisotopic (exact) mass is 232 g/mol. The van der Waals surface area contributed by atoms with Crippen LogP contribution in [0.3, 0.4) is 0 Å². The maximum absolute atomic E-state index is 11.5. The van der Waals surface area contributed by atoms with E-state index >= 15 is 0 Å². The van der Waals surface area contributed by atoms with Crippen molar-refractivity contribution in [2.24, 2.45) is 5.73 Å². The topological polar surface area (TPSA) is 73.6 Å². The summed E-state index contributed by atoms with van der Waals surface area (Å²) in [6, 6.07) is 0. The molecule has 0 aromatic rings. The lowest BCUT2D eigenvalue weighted by molar-refractivity contribution is -0.122. The van der Waals surface area contributed by atoms with E-state index in [1.807, 2.05) is 13.8 Å². The number of ether oxygens (including phenoxy) is 2. The number of nitrogens with two attached hydrogens (primary N) is 1. The van der Waals surface area contributed by atoms with E-state index in [0.29, 0.717) is 26.0 Å². The highest BCUT2D eigenvalue weighted by Crippen LogP contribution is 2.06. The summed E-state index contributed by atoms with van der Waals surface area (Å²) in [6.07, 6.45) is 1.01. The zero-order valence-corrected chi connectivity index (χ0v) is 10.7. The molecule has 0 fully saturated rings. The normalized spacial score (nSPS) is 13.6. The number of carbonyl (C=O) groups is 1. The van der Waals surface area contributed by atoms with Gasteiger partial charge in [-0.1, -0.05) is 0 Å². The summed E-state index contributed by atoms with van der Waals surface area (Å²) in [7, 11) is 3.20. The Morgan fingerprint density at radius 3 is 2.50 bits per heavy atom. The van der Waals surface area contributed by atoms with Crippen LogP contribution in [0.5, 0.6) is 0 Å². The van der Waals surface area contributed by atoms with Crippen molar-refractivity contribution in [1.82, 2.24) is 5.32 Å². The highest BCUT2D eigenvalue weighted by atomic mass is 16.5. The summed E-state index contributed by atoms with van der Waals surface area (Å²) in [5.74, 6) is -0.00308. The third kappa shape index (κ3) is 8.64. The van der Waals surface area contributed by atoms with Crippen LogP contribution in [-0.2, 0) is 14.3 Å². The Labute approximate surface area is 97.7 Å². The van der Waals surface area contributed by atoms with Crippen LogP contribution in [0.4, 0.5) is 0 Å². The summed E-state index contributed by atoms with van der Waals surface area (Å²) in [5.41, 5.74) is 5.49. The van der Waals surface area contributed by atoms with Crippen molar-refractivity contribution in [3.05, 3.63) is 0 Å². The highest BCUT2D eigenvalue weighted by Gasteiger charge is 2.14. The summed E-state index contributed by atoms with van der Waals surface area (Å²) in [4.78, 5) is 11.5. The number of hydrogen-bond donors (Lipinski definition) is 2. The first kappa shape index (κ1) is 15.3. The van der Waals surface area contributed by atoms with Crippen molar-refractivity contribution >= 4 is 5.91 Å². The first-order chi connectivity index (χ1) is 7.39. The predicted octanol–water partition coefficient (Wildman–Crippen LogP) is 0.282. The van der Waals surface area contributed by atoms with E-state index in [9.17, 15) is 4.79 Å². The van der Waals surface area contributed by atoms with E-state index in [0.717, 1.165) is 0 Å². The fourth-order valence-electron chi connectivity index (χ4n) is 1.15. The maximum atomic E-state index is 11.5. The van der Waals surface area contributed by atoms with Crippen molar-refractivity contribution < 1.29 is 14.3 Å². The second-order valence-corrected chi connectivity index (χ2v) is 4.61. The highest BCUT2D eigenvalue weighted by molar-refractivity contribution is 5.75. The van der Waals surface area contributed by atoms with Crippen LogP contribution < -0.4 is 11.1 Å². The molecule has 0 radical (unpaired) electrons. The third-order valence-electron chi connectivity index (χ3n) is 2.21. The van der Waals surface area contributed by atoms with Gasteiger partial charge in [-0.15, -0.1) is 0 Å². The average Bonchev–Trinajstić information content (AvgIpc) is 2.20. The molecule has 0 aliphatic rings. The molecule has 0 saturated carbocycles. The largest absolute Gasteiger partial charge is 0.382 e. The Bertz CT molecular complexity index is 202. The van der Waals surface area contributed by atoms with Crippen LogP contribution in [0.1, 0.15) is 26.7 Å². The molecule has 1 amide bonds. The minimum atomic E-state index is -0.301. The molecule has 5 nitrogen and oxygen atoms in total. The van der Waals surface area contributed by atoms with Gasteiger partial charge in [0.2, 0.25) is 5.91 Å². The Hall–Kier alpha value is -0.650. The first-order valence-corrected chi connectivity index (χ1v) is 5.46. The van der Waals surface area contributed by atoms with Crippen molar-refractivity contribution in [1.29, 1.82) is 0 Å². The fraction of sp³-hybridized carbons (Fsp3) is 0.909. The zero-order valence-electron chi connectivity index (χ0n) is 10.7. The molecule has 1 unspecified atom stereocenters. The van der Waals surface area contributed by atoms with Crippen LogP contribution in [-0.4, -0.2) is 44.9 Å². The van der Waals surface area contributed by atoms with Gasteiger partial charge in [-0.05, 0) is 20.3 Å². The van der Waals surface area contributed by atoms with Gasteiger partial charge in [0.05, 0.1) is 12.7 Å². The smallest absolute Gasteiger partial charge is 0.220 e. The van der Waals surface area contributed by atoms with Crippen molar-refractivity contribution in [2.75, 3.05) is 27.4 Å². The Balaban J connectivity index is 3.71. The predicted molar refractivity (Wildman–Crippen MR) is 63.2 cm³/mol. The van der Waals surface area contributed by atoms with Gasteiger partial charge in [0.15, 0.2) is 0 Å². The maximum Gasteiger partial charge on any atom is 0.220 e. The Morgan fingerprint density at radius 1 is 1.44 bits per heavy atom. The molecule has 0 aromatic heterocycles. The van der Waals surface area contributed by atoms with Crippen LogP contribution in [0.2, 0.25) is 0 Å². The number of amides is 1. The quantitative estimate of drug-likeness (QED) is 0.630. The molecule has 0 heterocycles. The van der Waals surface area contributed by atoms with Gasteiger partial charge in [-0.25, -0.2) is 0 Å². The van der Waals surface area contributed by atoms with E-state index in [1.54, 1.807) is 14.2 Å². The number of rotatable bonds is 8. The van der Waals surface area contributed by atoms with E-state index in [1.165, 1.54) is 0 Å². The van der Waals surface area contributed by atoms with Gasteiger partial charge in [-0.3, -0.25) is 4.79 Å². The van der Waals surface area contributed by atoms with Crippen LogP contribution in [0.15, 0.2) is 0 Å². The summed E-state index contributed by atoms with van der Waals surface area (Å²) >= 11 is 0. The van der Waals surface area contributed by atoms with Crippen molar-refractivity contribution in [3.63, 3.8) is 0 Å². The van der Waals surface area contributed by atoms with Crippen molar-refractivity contribution in [3.8, 4) is 0 Å². The van der Waals surface area contributed by atoms with Gasteiger partial charge in [0.1, 0.15) is 0 Å². The molecule has 0 spiro atoms. The lowest BCUT2D eigenvalue weighted by Gasteiger charge is -2.19. The molecule has 5 heteroatoms. The van der Waals surface area contributed by atoms with E-state index < -0.39 is 0 Å². The standard InChI is InChI=1S/C11H24N2O3/c1-11(2,12)6-5-10(14)13-7-9(16-4)8-15-3/h9H,5-8,12H2,1-4H3,(H,13,14). The molecule has 0 aliphatic heterocycles. The fourth-order valence-corrected chi connectivity index (χ4v) is 1.15. The number of nitrogens with one attached hydrogen (secondary N) is 1. The third-order valence-corrected chi connectivity index (χ3v) is 2.21. The number of carbonyl (C=O) groups excluding carboxylic acids is 1. The molecule has 96 valence electrons. The molecule has 0 aliphatic carbocycles. The molecule has 0 aromatic carbocycles. The summed E-state index contributed by atoms with van der Waals surface area (Å²) in [5, 5.41) is 2.79. The number of methoxy groups -OCH3 is 2. The molecule has 0 rings (SSSR count). The van der Waals surface area contributed by atoms with E-state index in [-0.39, 0.29) is 17.6 Å². The SMILES string of the molecule is COCC(CNC(=O)CCC(C)(C)N)OC. The molecular formula is C11H24N2O3. The van der Waals surface area contributed by atoms with Gasteiger partial charge in [0.25, 0.3) is 0 Å². The molecule has 16 heavy (non-hydrogen) atoms. The van der Waals surface area contributed by atoms with Gasteiger partial charge >= 0.3 is 0 Å². The van der Waals surface area contributed by atoms with Crippen molar-refractivity contribution in [2.45, 2.75) is 38.3 Å². The minimum Gasteiger partial charge on any atom is -0.382 e. The van der Waals surface area contributed by atoms with E-state index in [4.69, 9.17) is 15.2 Å². The Morgan fingerprint density at radius 2 is 2.06 bits per heavy atom. The second kappa shape index (κ2) is 7.60. The van der Waals surface area contributed by atoms with Gasteiger partial charge < -0.3 is 20.5 Å². The molecule has 0 saturated heterocycles. The van der Waals surface area contributed by atoms with Crippen LogP contribution in [0, 0.1) is 0 Å². The summed E-state index contributed by atoms with van der Waals surface area (Å²) < 4.78 is 10.1. The first-order valence-electron chi connectivity index (χ1n) is 5.46. The second-order valence-electron chi connectivity index (χ2n) is 4.61. The molecule has 3 N–H and O–H groups in total. The number of hydrogen-bond acceptors (Lipinski definition) is 4. The summed E-state index contributed by atoms with van der Waals surface area (Å²) in [6.45, 7) is 4.75. The van der Waals surface area contributed by atoms with Gasteiger partial charge in [-0.2, -0.15) is 0 Å².